The Bertz CT molecular complexity index is 963. The van der Waals surface area contributed by atoms with Gasteiger partial charge in [-0.05, 0) is 42.2 Å². The molecule has 0 radical (unpaired) electrons. The zero-order valence-electron chi connectivity index (χ0n) is 13.7. The van der Waals surface area contributed by atoms with Gasteiger partial charge < -0.3 is 4.57 Å². The Morgan fingerprint density at radius 2 is 1.40 bits per heavy atom. The fourth-order valence-electron chi connectivity index (χ4n) is 3.53. The highest BCUT2D eigenvalue weighted by Crippen LogP contribution is 2.37. The smallest absolute Gasteiger partial charge is 0.0543 e. The maximum atomic E-state index is 2.39. The summed E-state index contributed by atoms with van der Waals surface area (Å²) in [5.41, 5.74) is 5.26. The van der Waals surface area contributed by atoms with Gasteiger partial charge in [-0.2, -0.15) is 0 Å². The predicted octanol–water partition coefficient (Wildman–Crippen LogP) is 7.57. The van der Waals surface area contributed by atoms with Crippen LogP contribution in [-0.4, -0.2) is 4.57 Å². The minimum absolute atomic E-state index is 0. The molecule has 130 valence electrons. The zero-order chi connectivity index (χ0) is 15.8. The first-order chi connectivity index (χ1) is 11.3. The molecule has 0 aliphatic rings. The van der Waals surface area contributed by atoms with Crippen molar-refractivity contribution < 1.29 is 0 Å². The molecule has 0 bridgehead atoms. The third-order valence-electron chi connectivity index (χ3n) is 4.89. The van der Waals surface area contributed by atoms with Gasteiger partial charge in [0, 0.05) is 16.5 Å². The Morgan fingerprint density at radius 3 is 2.12 bits per heavy atom. The van der Waals surface area contributed by atoms with Crippen molar-refractivity contribution in [2.75, 3.05) is 0 Å². The Kier molecular flexibility index (Phi) is 5.69. The van der Waals surface area contributed by atoms with E-state index in [1.54, 1.807) is 0 Å². The van der Waals surface area contributed by atoms with E-state index in [4.69, 9.17) is 0 Å². The second kappa shape index (κ2) is 7.57. The average Bonchev–Trinajstić information content (AvgIpc) is 2.96. The quantitative estimate of drug-likeness (QED) is 0.365. The van der Waals surface area contributed by atoms with Crippen LogP contribution in [0.2, 0.25) is 0 Å². The number of para-hydroxylation sites is 2. The molecule has 3 aromatic carbocycles. The molecule has 0 saturated carbocycles. The molecule has 1 atom stereocenters. The normalized spacial score (nSPS) is 11.8. The topological polar surface area (TPSA) is 4.93 Å². The summed E-state index contributed by atoms with van der Waals surface area (Å²) >= 11 is 0. The lowest BCUT2D eigenvalue weighted by Crippen LogP contribution is -1.95. The van der Waals surface area contributed by atoms with Crippen molar-refractivity contribution in [2.45, 2.75) is 41.0 Å². The second-order valence-electron chi connectivity index (χ2n) is 6.24. The summed E-state index contributed by atoms with van der Waals surface area (Å²) in [7, 11) is 0. The van der Waals surface area contributed by atoms with Gasteiger partial charge in [0.05, 0.1) is 11.0 Å². The monoisotopic (exact) mass is 331 g/mol. The van der Waals surface area contributed by atoms with Crippen LogP contribution in [0.4, 0.5) is 0 Å². The third-order valence-corrected chi connectivity index (χ3v) is 4.89. The Morgan fingerprint density at radius 1 is 0.760 bits per heavy atom. The molecule has 0 amide bonds. The first-order valence-corrected chi connectivity index (χ1v) is 8.38. The summed E-state index contributed by atoms with van der Waals surface area (Å²) in [4.78, 5) is 0. The first-order valence-electron chi connectivity index (χ1n) is 8.38. The average molecular weight is 332 g/mol. The van der Waals surface area contributed by atoms with Crippen LogP contribution in [0, 0.1) is 0 Å². The number of hydrogen-bond acceptors (Lipinski definition) is 0. The number of aromatic nitrogens is 1. The molecule has 1 heteroatoms. The van der Waals surface area contributed by atoms with Gasteiger partial charge >= 0.3 is 0 Å². The van der Waals surface area contributed by atoms with Crippen LogP contribution >= 0.6 is 0 Å². The number of hydrogen-bond donors (Lipinski definition) is 0. The predicted molar refractivity (Wildman–Crippen MR) is 113 cm³/mol. The summed E-state index contributed by atoms with van der Waals surface area (Å²) in [5, 5.41) is 2.75. The van der Waals surface area contributed by atoms with E-state index in [-0.39, 0.29) is 14.9 Å². The lowest BCUT2D eigenvalue weighted by molar-refractivity contribution is 0.740. The molecule has 0 aliphatic heterocycles. The Balaban J connectivity index is 0.00000113. The highest BCUT2D eigenvalue weighted by atomic mass is 15.0. The van der Waals surface area contributed by atoms with Crippen molar-refractivity contribution in [3.8, 4) is 5.69 Å². The summed E-state index contributed by atoms with van der Waals surface area (Å²) in [5.74, 6) is 0.564. The van der Waals surface area contributed by atoms with Crippen LogP contribution in [0.3, 0.4) is 0 Å². The first kappa shape index (κ1) is 18.8. The van der Waals surface area contributed by atoms with E-state index in [1.165, 1.54) is 33.1 Å². The number of benzene rings is 3. The van der Waals surface area contributed by atoms with Crippen LogP contribution in [-0.2, 0) is 0 Å². The summed E-state index contributed by atoms with van der Waals surface area (Å²) in [6, 6.07) is 26.1. The highest BCUT2D eigenvalue weighted by molar-refractivity contribution is 6.11. The van der Waals surface area contributed by atoms with E-state index in [0.29, 0.717) is 5.92 Å². The third kappa shape index (κ3) is 2.95. The van der Waals surface area contributed by atoms with E-state index in [1.807, 2.05) is 0 Å². The fraction of sp³-hybridized carbons (Fsp3) is 0.250. The van der Waals surface area contributed by atoms with Gasteiger partial charge in [-0.3, -0.25) is 0 Å². The van der Waals surface area contributed by atoms with Crippen LogP contribution in [0.1, 0.15) is 46.6 Å². The molecule has 0 aliphatic carbocycles. The van der Waals surface area contributed by atoms with Gasteiger partial charge in [-0.15, -0.1) is 0 Å². The summed E-state index contributed by atoms with van der Waals surface area (Å²) in [6.07, 6.45) is 1.16. The molecule has 1 aromatic heterocycles. The van der Waals surface area contributed by atoms with Crippen molar-refractivity contribution in [1.29, 1.82) is 0 Å². The van der Waals surface area contributed by atoms with E-state index in [9.17, 15) is 0 Å². The van der Waals surface area contributed by atoms with Crippen molar-refractivity contribution in [2.24, 2.45) is 0 Å². The van der Waals surface area contributed by atoms with Crippen LogP contribution < -0.4 is 0 Å². The summed E-state index contributed by atoms with van der Waals surface area (Å²) in [6.45, 7) is 4.59. The summed E-state index contributed by atoms with van der Waals surface area (Å²) < 4.78 is 2.39. The number of fused-ring (bicyclic) bond motifs is 3. The lowest BCUT2D eigenvalue weighted by Gasteiger charge is -2.12. The molecule has 4 aromatic rings. The molecular weight excluding hydrogens is 302 g/mol. The van der Waals surface area contributed by atoms with Crippen molar-refractivity contribution >= 4 is 21.8 Å². The molecular formula is C24H29N. The van der Waals surface area contributed by atoms with E-state index in [0.717, 1.165) is 6.42 Å². The number of rotatable bonds is 3. The van der Waals surface area contributed by atoms with Gasteiger partial charge in [0.15, 0.2) is 0 Å². The molecule has 0 spiro atoms. The highest BCUT2D eigenvalue weighted by Gasteiger charge is 2.16. The van der Waals surface area contributed by atoms with Crippen LogP contribution in [0.15, 0.2) is 72.8 Å². The SMILES string of the molecule is C.C.CCC(C)c1cccc2c1c1ccccc1n2-c1ccccc1. The van der Waals surface area contributed by atoms with E-state index < -0.39 is 0 Å². The number of nitrogens with zero attached hydrogens (tertiary/aromatic N) is 1. The fourth-order valence-corrected chi connectivity index (χ4v) is 3.53. The van der Waals surface area contributed by atoms with Gasteiger partial charge in [0.2, 0.25) is 0 Å². The molecule has 1 nitrogen and oxygen atoms in total. The van der Waals surface area contributed by atoms with Gasteiger partial charge in [-0.25, -0.2) is 0 Å². The molecule has 1 heterocycles. The maximum absolute atomic E-state index is 2.39. The Hall–Kier alpha value is -2.54. The lowest BCUT2D eigenvalue weighted by atomic mass is 9.94. The van der Waals surface area contributed by atoms with E-state index >= 15 is 0 Å². The van der Waals surface area contributed by atoms with Gasteiger partial charge in [0.25, 0.3) is 0 Å². The second-order valence-corrected chi connectivity index (χ2v) is 6.24. The van der Waals surface area contributed by atoms with Crippen molar-refractivity contribution in [3.05, 3.63) is 78.4 Å². The standard InChI is InChI=1S/C22H21N.2CH4/c1-3-16(2)18-13-9-15-21-22(18)19-12-7-8-14-20(19)23(21)17-10-5-4-6-11-17;;/h4-16H,3H2,1-2H3;2*1H4. The van der Waals surface area contributed by atoms with Crippen LogP contribution in [0.5, 0.6) is 0 Å². The van der Waals surface area contributed by atoms with Crippen LogP contribution in [0.25, 0.3) is 27.5 Å². The maximum Gasteiger partial charge on any atom is 0.0543 e. The zero-order valence-corrected chi connectivity index (χ0v) is 13.7. The van der Waals surface area contributed by atoms with Gasteiger partial charge in [-0.1, -0.05) is 77.2 Å². The molecule has 0 N–H and O–H groups in total. The Labute approximate surface area is 151 Å². The van der Waals surface area contributed by atoms with E-state index in [2.05, 4.69) is 91.2 Å². The minimum Gasteiger partial charge on any atom is -0.309 e. The largest absolute Gasteiger partial charge is 0.309 e. The minimum atomic E-state index is 0. The molecule has 1 unspecified atom stereocenters. The molecule has 0 saturated heterocycles. The molecule has 25 heavy (non-hydrogen) atoms. The van der Waals surface area contributed by atoms with Crippen molar-refractivity contribution in [1.82, 2.24) is 4.57 Å². The van der Waals surface area contributed by atoms with Crippen molar-refractivity contribution in [3.63, 3.8) is 0 Å². The molecule has 4 rings (SSSR count). The van der Waals surface area contributed by atoms with Gasteiger partial charge in [0.1, 0.15) is 0 Å². The molecule has 0 fully saturated rings.